The van der Waals surface area contributed by atoms with Crippen molar-refractivity contribution in [2.75, 3.05) is 30.4 Å². The van der Waals surface area contributed by atoms with Crippen molar-refractivity contribution in [1.82, 2.24) is 4.57 Å². The maximum absolute atomic E-state index is 13.2. The van der Waals surface area contributed by atoms with Crippen LogP contribution in [0.25, 0.3) is 10.9 Å². The summed E-state index contributed by atoms with van der Waals surface area (Å²) in [6.45, 7) is 2.21. The summed E-state index contributed by atoms with van der Waals surface area (Å²) in [6.07, 6.45) is 0. The molecule has 0 saturated heterocycles. The molecule has 27 heavy (non-hydrogen) atoms. The van der Waals surface area contributed by atoms with E-state index in [1.165, 1.54) is 9.47 Å². The number of amides is 1. The molecule has 1 N–H and O–H groups in total. The fourth-order valence-electron chi connectivity index (χ4n) is 3.31. The third kappa shape index (κ3) is 3.03. The van der Waals surface area contributed by atoms with Gasteiger partial charge in [0.1, 0.15) is 11.3 Å². The minimum atomic E-state index is -0.518. The highest BCUT2D eigenvalue weighted by atomic mass is 16.3. The number of aromatic nitrogens is 1. The van der Waals surface area contributed by atoms with E-state index >= 15 is 0 Å². The van der Waals surface area contributed by atoms with Gasteiger partial charge in [-0.15, -0.1) is 0 Å². The quantitative estimate of drug-likeness (QED) is 0.772. The highest BCUT2D eigenvalue weighted by Gasteiger charge is 2.27. The highest BCUT2D eigenvalue weighted by Crippen LogP contribution is 2.34. The molecule has 1 heterocycles. The molecule has 0 fully saturated rings. The number of benzene rings is 2. The van der Waals surface area contributed by atoms with Crippen LogP contribution in [-0.4, -0.2) is 36.2 Å². The number of hydrogen-bond donors (Lipinski definition) is 1. The molecular weight excluding hydrogens is 342 g/mol. The highest BCUT2D eigenvalue weighted by molar-refractivity contribution is 6.12. The first kappa shape index (κ1) is 18.5. The summed E-state index contributed by atoms with van der Waals surface area (Å²) in [6, 6.07) is 14.5. The monoisotopic (exact) mass is 365 g/mol. The van der Waals surface area contributed by atoms with Crippen LogP contribution in [0.15, 0.2) is 53.3 Å². The second-order valence-corrected chi connectivity index (χ2v) is 6.54. The van der Waals surface area contributed by atoms with Gasteiger partial charge in [0, 0.05) is 39.1 Å². The third-order valence-corrected chi connectivity index (χ3v) is 4.70. The van der Waals surface area contributed by atoms with Crippen molar-refractivity contribution in [1.29, 1.82) is 0 Å². The third-order valence-electron chi connectivity index (χ3n) is 4.70. The first-order valence-corrected chi connectivity index (χ1v) is 8.77. The lowest BCUT2D eigenvalue weighted by Crippen LogP contribution is -2.36. The van der Waals surface area contributed by atoms with Gasteiger partial charge in [0.2, 0.25) is 0 Å². The average molecular weight is 365 g/mol. The topological polar surface area (TPSA) is 65.8 Å². The molecule has 0 aliphatic carbocycles. The number of nitrogens with zero attached hydrogens (tertiary/aromatic N) is 3. The van der Waals surface area contributed by atoms with Crippen molar-refractivity contribution in [2.24, 2.45) is 7.05 Å². The van der Waals surface area contributed by atoms with Crippen LogP contribution in [0.3, 0.4) is 0 Å². The molecule has 1 amide bonds. The van der Waals surface area contributed by atoms with Crippen molar-refractivity contribution in [3.63, 3.8) is 0 Å². The van der Waals surface area contributed by atoms with E-state index in [1.54, 1.807) is 25.2 Å². The van der Waals surface area contributed by atoms with Gasteiger partial charge in [-0.3, -0.25) is 9.59 Å². The molecule has 6 nitrogen and oxygen atoms in total. The number of anilines is 2. The van der Waals surface area contributed by atoms with Crippen molar-refractivity contribution in [3.05, 3.63) is 64.4 Å². The fraction of sp³-hybridized carbons (Fsp3) is 0.238. The van der Waals surface area contributed by atoms with Crippen LogP contribution in [0, 0.1) is 0 Å². The minimum absolute atomic E-state index is 0.218. The van der Waals surface area contributed by atoms with E-state index in [-0.39, 0.29) is 11.3 Å². The lowest BCUT2D eigenvalue weighted by atomic mass is 10.1. The average Bonchev–Trinajstić information content (AvgIpc) is 2.67. The number of pyridine rings is 1. The van der Waals surface area contributed by atoms with Crippen molar-refractivity contribution in [3.8, 4) is 5.75 Å². The summed E-state index contributed by atoms with van der Waals surface area (Å²) in [5, 5.41) is 11.4. The smallest absolute Gasteiger partial charge is 0.267 e. The second kappa shape index (κ2) is 7.15. The summed E-state index contributed by atoms with van der Waals surface area (Å²) in [4.78, 5) is 29.5. The molecule has 0 aliphatic rings. The molecule has 0 unspecified atom stereocenters. The Morgan fingerprint density at radius 3 is 2.33 bits per heavy atom. The number of fused-ring (bicyclic) bond motifs is 1. The zero-order valence-corrected chi connectivity index (χ0v) is 15.9. The molecule has 2 aromatic carbocycles. The van der Waals surface area contributed by atoms with E-state index in [2.05, 4.69) is 0 Å². The maximum Gasteiger partial charge on any atom is 0.267 e. The molecular formula is C21H23N3O3. The van der Waals surface area contributed by atoms with Gasteiger partial charge in [0.25, 0.3) is 11.5 Å². The Bertz CT molecular complexity index is 1060. The molecule has 1 aromatic heterocycles. The van der Waals surface area contributed by atoms with Gasteiger partial charge < -0.3 is 19.5 Å². The largest absolute Gasteiger partial charge is 0.506 e. The molecule has 6 heteroatoms. The second-order valence-electron chi connectivity index (χ2n) is 6.54. The normalized spacial score (nSPS) is 10.8. The van der Waals surface area contributed by atoms with Crippen molar-refractivity contribution in [2.45, 2.75) is 6.92 Å². The predicted molar refractivity (Wildman–Crippen MR) is 109 cm³/mol. The zero-order chi connectivity index (χ0) is 19.7. The number of para-hydroxylation sites is 1. The molecule has 0 spiro atoms. The van der Waals surface area contributed by atoms with Gasteiger partial charge in [0.05, 0.1) is 10.9 Å². The fourth-order valence-corrected chi connectivity index (χ4v) is 3.31. The Labute approximate surface area is 157 Å². The number of aromatic hydroxyl groups is 1. The molecule has 0 radical (unpaired) electrons. The van der Waals surface area contributed by atoms with E-state index in [4.69, 9.17) is 0 Å². The first-order valence-electron chi connectivity index (χ1n) is 8.77. The molecule has 3 aromatic rings. The van der Waals surface area contributed by atoms with Crippen LogP contribution < -0.4 is 15.4 Å². The van der Waals surface area contributed by atoms with Crippen LogP contribution in [0.5, 0.6) is 5.75 Å². The lowest BCUT2D eigenvalue weighted by molar-refractivity contribution is 0.0984. The van der Waals surface area contributed by atoms with E-state index < -0.39 is 11.5 Å². The van der Waals surface area contributed by atoms with Crippen LogP contribution >= 0.6 is 0 Å². The molecule has 0 saturated carbocycles. The molecule has 140 valence electrons. The minimum Gasteiger partial charge on any atom is -0.506 e. The summed E-state index contributed by atoms with van der Waals surface area (Å²) < 4.78 is 1.41. The summed E-state index contributed by atoms with van der Waals surface area (Å²) in [5.74, 6) is -0.797. The molecule has 3 rings (SSSR count). The van der Waals surface area contributed by atoms with Gasteiger partial charge in [-0.1, -0.05) is 24.3 Å². The van der Waals surface area contributed by atoms with Gasteiger partial charge in [0.15, 0.2) is 0 Å². The lowest BCUT2D eigenvalue weighted by Gasteiger charge is -2.23. The predicted octanol–water partition coefficient (Wildman–Crippen LogP) is 2.98. The van der Waals surface area contributed by atoms with Crippen molar-refractivity contribution < 1.29 is 9.90 Å². The van der Waals surface area contributed by atoms with Crippen LogP contribution in [-0.2, 0) is 7.05 Å². The summed E-state index contributed by atoms with van der Waals surface area (Å²) >= 11 is 0. The number of carbonyl (C=O) groups excluding carboxylic acids is 1. The Morgan fingerprint density at radius 1 is 1.07 bits per heavy atom. The Kier molecular flexibility index (Phi) is 4.90. The first-order chi connectivity index (χ1) is 12.9. The number of hydrogen-bond acceptors (Lipinski definition) is 4. The van der Waals surface area contributed by atoms with E-state index in [0.29, 0.717) is 23.1 Å². The SMILES string of the molecule is CCN(C(=O)c1c(O)c2c(N(C)C)cccc2n(C)c1=O)c1ccccc1. The van der Waals surface area contributed by atoms with Gasteiger partial charge in [-0.2, -0.15) is 0 Å². The summed E-state index contributed by atoms with van der Waals surface area (Å²) in [5.41, 5.74) is 1.24. The van der Waals surface area contributed by atoms with Gasteiger partial charge in [-0.05, 0) is 31.2 Å². The van der Waals surface area contributed by atoms with Crippen LogP contribution in [0.1, 0.15) is 17.3 Å². The Balaban J connectivity index is 2.30. The molecule has 0 bridgehead atoms. The van der Waals surface area contributed by atoms with E-state index in [1.807, 2.05) is 56.3 Å². The van der Waals surface area contributed by atoms with E-state index in [9.17, 15) is 14.7 Å². The molecule has 0 atom stereocenters. The van der Waals surface area contributed by atoms with E-state index in [0.717, 1.165) is 5.69 Å². The number of rotatable bonds is 4. The number of carbonyl (C=O) groups is 1. The number of aryl methyl sites for hydroxylation is 1. The Morgan fingerprint density at radius 2 is 1.74 bits per heavy atom. The Hall–Kier alpha value is -3.28. The van der Waals surface area contributed by atoms with Gasteiger partial charge >= 0.3 is 0 Å². The zero-order valence-electron chi connectivity index (χ0n) is 15.9. The van der Waals surface area contributed by atoms with Crippen LogP contribution in [0.2, 0.25) is 0 Å². The standard InChI is InChI=1S/C21H23N3O3/c1-5-24(14-10-7-6-8-11-14)21(27)18-19(25)17-15(22(2)3)12-9-13-16(17)23(4)20(18)26/h6-13,25H,5H2,1-4H3. The summed E-state index contributed by atoms with van der Waals surface area (Å²) in [7, 11) is 5.31. The molecule has 0 aliphatic heterocycles. The maximum atomic E-state index is 13.2. The van der Waals surface area contributed by atoms with Crippen LogP contribution in [0.4, 0.5) is 11.4 Å². The van der Waals surface area contributed by atoms with Gasteiger partial charge in [-0.25, -0.2) is 0 Å². The van der Waals surface area contributed by atoms with Crippen molar-refractivity contribution >= 4 is 28.2 Å².